The van der Waals surface area contributed by atoms with Gasteiger partial charge in [0.05, 0.1) is 17.1 Å². The minimum absolute atomic E-state index is 0.101. The largest absolute Gasteiger partial charge is 0.343 e. The number of nitrogens with one attached hydrogen (secondary N) is 1. The van der Waals surface area contributed by atoms with Crippen LogP contribution in [0.4, 0.5) is 0 Å². The highest BCUT2D eigenvalue weighted by Crippen LogP contribution is 2.23. The van der Waals surface area contributed by atoms with E-state index in [-0.39, 0.29) is 30.4 Å². The van der Waals surface area contributed by atoms with Crippen LogP contribution in [0.5, 0.6) is 0 Å². The molecule has 0 saturated carbocycles. The zero-order chi connectivity index (χ0) is 22.5. The van der Waals surface area contributed by atoms with E-state index >= 15 is 0 Å². The minimum atomic E-state index is -0.345. The lowest BCUT2D eigenvalue weighted by molar-refractivity contribution is -0.135. The Kier molecular flexibility index (Phi) is 6.69. The van der Waals surface area contributed by atoms with E-state index in [0.717, 1.165) is 36.0 Å². The molecule has 6 heteroatoms. The molecule has 3 aromatic rings. The van der Waals surface area contributed by atoms with E-state index in [1.807, 2.05) is 71.0 Å². The van der Waals surface area contributed by atoms with E-state index in [2.05, 4.69) is 12.2 Å². The molecule has 0 bridgehead atoms. The Morgan fingerprint density at radius 2 is 1.88 bits per heavy atom. The van der Waals surface area contributed by atoms with Crippen molar-refractivity contribution in [2.24, 2.45) is 0 Å². The number of carbonyl (C=O) groups excluding carboxylic acids is 2. The molecular formula is C26H30N4O2. The number of fused-ring (bicyclic) bond motifs is 1. The first-order valence-electron chi connectivity index (χ1n) is 11.3. The Bertz CT molecular complexity index is 1120. The summed E-state index contributed by atoms with van der Waals surface area (Å²) in [7, 11) is 0. The maximum Gasteiger partial charge on any atom is 0.244 e. The second-order valence-corrected chi connectivity index (χ2v) is 8.45. The molecule has 6 nitrogen and oxygen atoms in total. The maximum absolute atomic E-state index is 13.2. The minimum Gasteiger partial charge on any atom is -0.343 e. The summed E-state index contributed by atoms with van der Waals surface area (Å²) in [5, 5.41) is 3.00. The number of imidazole rings is 1. The standard InChI is InChI=1S/C26H30N4O2/c1-19-10-8-9-17-29(19)25(32)18-30-23-14-7-6-13-22(23)28-26(30)20(2)27-24(31)16-15-21-11-4-3-5-12-21/h3-7,11-16,19-20H,8-10,17-18H2,1-2H3,(H,27,31)/b16-15-. The summed E-state index contributed by atoms with van der Waals surface area (Å²) in [6.07, 6.45) is 6.58. The Hall–Kier alpha value is -3.41. The Morgan fingerprint density at radius 3 is 2.66 bits per heavy atom. The van der Waals surface area contributed by atoms with Gasteiger partial charge >= 0.3 is 0 Å². The van der Waals surface area contributed by atoms with Gasteiger partial charge < -0.3 is 14.8 Å². The van der Waals surface area contributed by atoms with Crippen molar-refractivity contribution in [3.8, 4) is 0 Å². The van der Waals surface area contributed by atoms with Crippen molar-refractivity contribution in [2.45, 2.75) is 51.7 Å². The summed E-state index contributed by atoms with van der Waals surface area (Å²) >= 11 is 0. The van der Waals surface area contributed by atoms with Crippen molar-refractivity contribution < 1.29 is 9.59 Å². The van der Waals surface area contributed by atoms with Gasteiger partial charge in [0, 0.05) is 18.7 Å². The first kappa shape index (κ1) is 21.8. The quantitative estimate of drug-likeness (QED) is 0.592. The van der Waals surface area contributed by atoms with Crippen LogP contribution >= 0.6 is 0 Å². The number of hydrogen-bond acceptors (Lipinski definition) is 3. The third-order valence-corrected chi connectivity index (χ3v) is 6.07. The van der Waals surface area contributed by atoms with Gasteiger partial charge in [-0.1, -0.05) is 42.5 Å². The van der Waals surface area contributed by atoms with Crippen LogP contribution in [0.3, 0.4) is 0 Å². The van der Waals surface area contributed by atoms with Gasteiger partial charge in [-0.05, 0) is 56.9 Å². The van der Waals surface area contributed by atoms with Crippen LogP contribution in [0, 0.1) is 0 Å². The topological polar surface area (TPSA) is 67.2 Å². The van der Waals surface area contributed by atoms with Crippen molar-refractivity contribution in [3.05, 3.63) is 72.1 Å². The van der Waals surface area contributed by atoms with Crippen LogP contribution in [0.1, 0.15) is 50.5 Å². The summed E-state index contributed by atoms with van der Waals surface area (Å²) in [6, 6.07) is 17.4. The van der Waals surface area contributed by atoms with Gasteiger partial charge in [0.2, 0.25) is 11.8 Å². The second kappa shape index (κ2) is 9.81. The van der Waals surface area contributed by atoms with Gasteiger partial charge in [-0.25, -0.2) is 4.98 Å². The number of likely N-dealkylation sites (tertiary alicyclic amines) is 1. The molecule has 0 aliphatic carbocycles. The molecule has 0 spiro atoms. The van der Waals surface area contributed by atoms with E-state index in [9.17, 15) is 9.59 Å². The van der Waals surface area contributed by atoms with Crippen molar-refractivity contribution in [3.63, 3.8) is 0 Å². The van der Waals surface area contributed by atoms with Gasteiger partial charge in [0.15, 0.2) is 0 Å². The highest BCUT2D eigenvalue weighted by atomic mass is 16.2. The average molecular weight is 431 g/mol. The summed E-state index contributed by atoms with van der Waals surface area (Å²) in [5.41, 5.74) is 2.69. The van der Waals surface area contributed by atoms with E-state index in [1.165, 1.54) is 12.5 Å². The molecule has 4 rings (SSSR count). The van der Waals surface area contributed by atoms with Crippen molar-refractivity contribution >= 4 is 28.9 Å². The predicted molar refractivity (Wildman–Crippen MR) is 127 cm³/mol. The van der Waals surface area contributed by atoms with Crippen LogP contribution in [0.25, 0.3) is 17.1 Å². The highest BCUT2D eigenvalue weighted by Gasteiger charge is 2.26. The maximum atomic E-state index is 13.2. The number of carbonyl (C=O) groups is 2. The lowest BCUT2D eigenvalue weighted by atomic mass is 10.0. The fourth-order valence-electron chi connectivity index (χ4n) is 4.35. The fraction of sp³-hybridized carbons (Fsp3) is 0.346. The molecule has 0 radical (unpaired) electrons. The first-order valence-corrected chi connectivity index (χ1v) is 11.3. The number of nitrogens with zero attached hydrogens (tertiary/aromatic N) is 3. The highest BCUT2D eigenvalue weighted by molar-refractivity contribution is 5.92. The SMILES string of the molecule is CC(NC(=O)/C=C\c1ccccc1)c1nc2ccccc2n1CC(=O)N1CCCCC1C. The third-order valence-electron chi connectivity index (χ3n) is 6.07. The molecule has 1 N–H and O–H groups in total. The molecule has 2 heterocycles. The number of benzene rings is 2. The van der Waals surface area contributed by atoms with Crippen molar-refractivity contribution in [1.82, 2.24) is 19.8 Å². The van der Waals surface area contributed by atoms with Crippen LogP contribution in [0.15, 0.2) is 60.7 Å². The summed E-state index contributed by atoms with van der Waals surface area (Å²) in [4.78, 5) is 32.4. The van der Waals surface area contributed by atoms with Gasteiger partial charge in [0.1, 0.15) is 12.4 Å². The lowest BCUT2D eigenvalue weighted by Gasteiger charge is -2.33. The molecule has 1 aliphatic rings. The van der Waals surface area contributed by atoms with Crippen LogP contribution in [0.2, 0.25) is 0 Å². The first-order chi connectivity index (χ1) is 15.5. The molecule has 2 unspecified atom stereocenters. The molecule has 1 aromatic heterocycles. The molecule has 166 valence electrons. The molecule has 2 amide bonds. The monoisotopic (exact) mass is 430 g/mol. The van der Waals surface area contributed by atoms with Gasteiger partial charge in [-0.3, -0.25) is 9.59 Å². The van der Waals surface area contributed by atoms with Crippen LogP contribution in [-0.4, -0.2) is 38.9 Å². The molecule has 1 fully saturated rings. The predicted octanol–water partition coefficient (Wildman–Crippen LogP) is 4.33. The zero-order valence-electron chi connectivity index (χ0n) is 18.7. The number of piperidine rings is 1. The normalized spacial score (nSPS) is 17.6. The Balaban J connectivity index is 1.54. The fourth-order valence-corrected chi connectivity index (χ4v) is 4.35. The number of amides is 2. The zero-order valence-corrected chi connectivity index (χ0v) is 18.7. The molecule has 1 aliphatic heterocycles. The molecular weight excluding hydrogens is 400 g/mol. The second-order valence-electron chi connectivity index (χ2n) is 8.45. The third kappa shape index (κ3) is 4.90. The van der Waals surface area contributed by atoms with Crippen molar-refractivity contribution in [2.75, 3.05) is 6.54 Å². The van der Waals surface area contributed by atoms with E-state index in [1.54, 1.807) is 6.08 Å². The summed E-state index contributed by atoms with van der Waals surface area (Å²) < 4.78 is 1.95. The van der Waals surface area contributed by atoms with Crippen LogP contribution in [-0.2, 0) is 16.1 Å². The number of rotatable bonds is 6. The van der Waals surface area contributed by atoms with Crippen LogP contribution < -0.4 is 5.32 Å². The van der Waals surface area contributed by atoms with Gasteiger partial charge in [0.25, 0.3) is 0 Å². The van der Waals surface area contributed by atoms with E-state index in [4.69, 9.17) is 4.98 Å². The van der Waals surface area contributed by atoms with Gasteiger partial charge in [-0.2, -0.15) is 0 Å². The van der Waals surface area contributed by atoms with Gasteiger partial charge in [-0.15, -0.1) is 0 Å². The lowest BCUT2D eigenvalue weighted by Crippen LogP contribution is -2.43. The average Bonchev–Trinajstić information content (AvgIpc) is 3.17. The summed E-state index contributed by atoms with van der Waals surface area (Å²) in [5.74, 6) is 0.589. The van der Waals surface area contributed by atoms with E-state index in [0.29, 0.717) is 5.82 Å². The number of para-hydroxylation sites is 2. The van der Waals surface area contributed by atoms with E-state index < -0.39 is 0 Å². The number of hydrogen-bond donors (Lipinski definition) is 1. The molecule has 1 saturated heterocycles. The molecule has 2 atom stereocenters. The summed E-state index contributed by atoms with van der Waals surface area (Å²) in [6.45, 7) is 5.05. The number of aromatic nitrogens is 2. The Labute approximate surface area is 188 Å². The molecule has 2 aromatic carbocycles. The molecule has 32 heavy (non-hydrogen) atoms. The smallest absolute Gasteiger partial charge is 0.244 e. The van der Waals surface area contributed by atoms with Crippen molar-refractivity contribution in [1.29, 1.82) is 0 Å². The Morgan fingerprint density at radius 1 is 1.12 bits per heavy atom.